The summed E-state index contributed by atoms with van der Waals surface area (Å²) in [5.74, 6) is 0.517. The van der Waals surface area contributed by atoms with Crippen LogP contribution in [0, 0.1) is 5.82 Å². The zero-order valence-corrected chi connectivity index (χ0v) is 13.0. The molecule has 0 spiro atoms. The number of carbonyl (C=O) groups excluding carboxylic acids is 1. The number of carbonyl (C=O) groups is 1. The van der Waals surface area contributed by atoms with Crippen molar-refractivity contribution in [3.05, 3.63) is 36.0 Å². The fourth-order valence-corrected chi connectivity index (χ4v) is 2.77. The zero-order chi connectivity index (χ0) is 16.2. The van der Waals surface area contributed by atoms with Crippen LogP contribution in [-0.2, 0) is 0 Å². The lowest BCUT2D eigenvalue weighted by molar-refractivity contribution is 0.132. The van der Waals surface area contributed by atoms with Crippen LogP contribution < -0.4 is 5.32 Å². The minimum atomic E-state index is -0.313. The Labute approximate surface area is 133 Å². The van der Waals surface area contributed by atoms with Gasteiger partial charge in [0.25, 0.3) is 0 Å². The largest absolute Gasteiger partial charge is 0.338 e. The minimum absolute atomic E-state index is 0.112. The second-order valence-corrected chi connectivity index (χ2v) is 5.50. The van der Waals surface area contributed by atoms with Crippen LogP contribution in [0.4, 0.5) is 9.18 Å². The highest BCUT2D eigenvalue weighted by molar-refractivity contribution is 5.74. The quantitative estimate of drug-likeness (QED) is 0.944. The molecule has 1 atom stereocenters. The first-order valence-corrected chi connectivity index (χ1v) is 7.83. The third-order valence-electron chi connectivity index (χ3n) is 3.92. The second-order valence-electron chi connectivity index (χ2n) is 5.50. The summed E-state index contributed by atoms with van der Waals surface area (Å²) in [4.78, 5) is 18.3. The molecule has 23 heavy (non-hydrogen) atoms. The molecular formula is C16H19FN4O2. The predicted molar refractivity (Wildman–Crippen MR) is 82.1 cm³/mol. The standard InChI is InChI=1S/C16H19FN4O2/c1-2-18-16(22)21-10-4-3-5-13(21)15-19-14(20-23-15)11-6-8-12(17)9-7-11/h6-9,13H,2-5,10H2,1H3,(H,18,22). The van der Waals surface area contributed by atoms with Crippen LogP contribution in [0.25, 0.3) is 11.4 Å². The smallest absolute Gasteiger partial charge is 0.318 e. The van der Waals surface area contributed by atoms with Crippen LogP contribution in [0.3, 0.4) is 0 Å². The second kappa shape index (κ2) is 6.76. The van der Waals surface area contributed by atoms with Crippen LogP contribution in [-0.4, -0.2) is 34.2 Å². The maximum absolute atomic E-state index is 13.0. The Morgan fingerprint density at radius 3 is 2.91 bits per heavy atom. The Kier molecular flexibility index (Phi) is 4.55. The van der Waals surface area contributed by atoms with Gasteiger partial charge in [-0.25, -0.2) is 9.18 Å². The van der Waals surface area contributed by atoms with Gasteiger partial charge in [0.05, 0.1) is 0 Å². The Balaban J connectivity index is 1.82. The first kappa shape index (κ1) is 15.5. The lowest BCUT2D eigenvalue weighted by Gasteiger charge is -2.33. The lowest BCUT2D eigenvalue weighted by Crippen LogP contribution is -2.44. The molecule has 0 aliphatic carbocycles. The van der Waals surface area contributed by atoms with Crippen LogP contribution in [0.15, 0.2) is 28.8 Å². The molecule has 1 unspecified atom stereocenters. The molecular weight excluding hydrogens is 299 g/mol. The van der Waals surface area contributed by atoms with Gasteiger partial charge in [0.15, 0.2) is 0 Å². The monoisotopic (exact) mass is 318 g/mol. The molecule has 0 bridgehead atoms. The zero-order valence-electron chi connectivity index (χ0n) is 13.0. The number of piperidine rings is 1. The van der Waals surface area contributed by atoms with E-state index in [1.165, 1.54) is 12.1 Å². The highest BCUT2D eigenvalue weighted by Crippen LogP contribution is 2.31. The maximum atomic E-state index is 13.0. The molecule has 0 saturated carbocycles. The number of nitrogens with one attached hydrogen (secondary N) is 1. The number of benzene rings is 1. The Hall–Kier alpha value is -2.44. The summed E-state index contributed by atoms with van der Waals surface area (Å²) in [7, 11) is 0. The van der Waals surface area contributed by atoms with Gasteiger partial charge in [-0.2, -0.15) is 4.98 Å². The normalized spacial score (nSPS) is 18.0. The average molecular weight is 318 g/mol. The summed E-state index contributed by atoms with van der Waals surface area (Å²) < 4.78 is 18.4. The average Bonchev–Trinajstić information content (AvgIpc) is 3.05. The molecule has 2 amide bonds. The summed E-state index contributed by atoms with van der Waals surface area (Å²) in [6, 6.07) is 5.59. The van der Waals surface area contributed by atoms with Gasteiger partial charge in [-0.3, -0.25) is 0 Å². The Bertz CT molecular complexity index is 671. The van der Waals surface area contributed by atoms with Crippen molar-refractivity contribution < 1.29 is 13.7 Å². The van der Waals surface area contributed by atoms with Gasteiger partial charge in [-0.15, -0.1) is 0 Å². The number of hydrogen-bond acceptors (Lipinski definition) is 4. The third-order valence-corrected chi connectivity index (χ3v) is 3.92. The summed E-state index contributed by atoms with van der Waals surface area (Å²) in [5, 5.41) is 6.78. The molecule has 1 aromatic heterocycles. The fourth-order valence-electron chi connectivity index (χ4n) is 2.77. The number of aromatic nitrogens is 2. The van der Waals surface area contributed by atoms with Crippen molar-refractivity contribution in [2.24, 2.45) is 0 Å². The molecule has 1 aliphatic heterocycles. The first-order chi connectivity index (χ1) is 11.2. The van der Waals surface area contributed by atoms with Crippen molar-refractivity contribution in [3.63, 3.8) is 0 Å². The van der Waals surface area contributed by atoms with Gasteiger partial charge >= 0.3 is 6.03 Å². The molecule has 7 heteroatoms. The van der Waals surface area contributed by atoms with E-state index >= 15 is 0 Å². The van der Waals surface area contributed by atoms with E-state index in [1.807, 2.05) is 6.92 Å². The number of amides is 2. The Morgan fingerprint density at radius 1 is 1.39 bits per heavy atom. The van der Waals surface area contributed by atoms with Crippen molar-refractivity contribution in [3.8, 4) is 11.4 Å². The molecule has 1 N–H and O–H groups in total. The minimum Gasteiger partial charge on any atom is -0.338 e. The van der Waals surface area contributed by atoms with E-state index in [4.69, 9.17) is 4.52 Å². The van der Waals surface area contributed by atoms with Crippen LogP contribution >= 0.6 is 0 Å². The van der Waals surface area contributed by atoms with Gasteiger partial charge in [0.1, 0.15) is 11.9 Å². The fraction of sp³-hybridized carbons (Fsp3) is 0.438. The topological polar surface area (TPSA) is 71.3 Å². The van der Waals surface area contributed by atoms with E-state index in [1.54, 1.807) is 17.0 Å². The molecule has 1 fully saturated rings. The molecule has 2 heterocycles. The highest BCUT2D eigenvalue weighted by Gasteiger charge is 2.32. The van der Waals surface area contributed by atoms with Crippen molar-refractivity contribution in [2.45, 2.75) is 32.2 Å². The highest BCUT2D eigenvalue weighted by atomic mass is 19.1. The maximum Gasteiger partial charge on any atom is 0.318 e. The summed E-state index contributed by atoms with van der Waals surface area (Å²) in [6.45, 7) is 3.13. The molecule has 1 aromatic carbocycles. The molecule has 0 radical (unpaired) electrons. The van der Waals surface area contributed by atoms with E-state index < -0.39 is 0 Å². The van der Waals surface area contributed by atoms with E-state index in [0.29, 0.717) is 30.4 Å². The SMILES string of the molecule is CCNC(=O)N1CCCCC1c1nc(-c2ccc(F)cc2)no1. The van der Waals surface area contributed by atoms with Crippen LogP contribution in [0.2, 0.25) is 0 Å². The molecule has 3 rings (SSSR count). The van der Waals surface area contributed by atoms with Gasteiger partial charge in [-0.05, 0) is 50.5 Å². The van der Waals surface area contributed by atoms with Crippen molar-refractivity contribution >= 4 is 6.03 Å². The molecule has 2 aromatic rings. The molecule has 1 aliphatic rings. The van der Waals surface area contributed by atoms with Crippen LogP contribution in [0.1, 0.15) is 38.1 Å². The van der Waals surface area contributed by atoms with Gasteiger partial charge in [0, 0.05) is 18.7 Å². The van der Waals surface area contributed by atoms with E-state index in [2.05, 4.69) is 15.5 Å². The number of likely N-dealkylation sites (tertiary alicyclic amines) is 1. The summed E-state index contributed by atoms with van der Waals surface area (Å²) >= 11 is 0. The molecule has 122 valence electrons. The van der Waals surface area contributed by atoms with Gasteiger partial charge in [0.2, 0.25) is 11.7 Å². The van der Waals surface area contributed by atoms with Crippen molar-refractivity contribution in [1.29, 1.82) is 0 Å². The van der Waals surface area contributed by atoms with Crippen LogP contribution in [0.5, 0.6) is 0 Å². The number of nitrogens with zero attached hydrogens (tertiary/aromatic N) is 3. The van der Waals surface area contributed by atoms with E-state index in [-0.39, 0.29) is 17.9 Å². The predicted octanol–water partition coefficient (Wildman–Crippen LogP) is 3.13. The van der Waals surface area contributed by atoms with E-state index in [9.17, 15) is 9.18 Å². The molecule has 6 nitrogen and oxygen atoms in total. The van der Waals surface area contributed by atoms with E-state index in [0.717, 1.165) is 19.3 Å². The van der Waals surface area contributed by atoms with Crippen molar-refractivity contribution in [1.82, 2.24) is 20.4 Å². The Morgan fingerprint density at radius 2 is 2.17 bits per heavy atom. The molecule has 1 saturated heterocycles. The number of hydrogen-bond donors (Lipinski definition) is 1. The summed E-state index contributed by atoms with van der Waals surface area (Å²) in [6.07, 6.45) is 2.77. The third kappa shape index (κ3) is 3.33. The summed E-state index contributed by atoms with van der Waals surface area (Å²) in [5.41, 5.74) is 0.682. The van der Waals surface area contributed by atoms with Crippen molar-refractivity contribution in [2.75, 3.05) is 13.1 Å². The van der Waals surface area contributed by atoms with Gasteiger partial charge < -0.3 is 14.7 Å². The first-order valence-electron chi connectivity index (χ1n) is 7.83. The number of halogens is 1. The van der Waals surface area contributed by atoms with Gasteiger partial charge in [-0.1, -0.05) is 5.16 Å². The number of rotatable bonds is 3. The number of urea groups is 1. The lowest BCUT2D eigenvalue weighted by atomic mass is 10.0.